The number of carbonyl (C=O) groups is 2. The third kappa shape index (κ3) is 4.59. The van der Waals surface area contributed by atoms with Gasteiger partial charge in [-0.05, 0) is 73.7 Å². The number of pyridine rings is 1. The van der Waals surface area contributed by atoms with Crippen molar-refractivity contribution in [2.45, 2.75) is 58.0 Å². The molecule has 2 heterocycles. The lowest BCUT2D eigenvalue weighted by Gasteiger charge is -2.34. The largest absolute Gasteiger partial charge is 0.357 e. The molecule has 166 valence electrons. The second-order valence-corrected chi connectivity index (χ2v) is 8.50. The lowest BCUT2D eigenvalue weighted by molar-refractivity contribution is -0.123. The zero-order valence-electron chi connectivity index (χ0n) is 18.7. The standard InChI is InChI=1S/C26H30N4O2/c1-18-8-6-12-23(19(18)2)30(26(32)22-11-7-15-28-22)24(20-13-16-27-17-14-20)25(31)29-21-9-4-3-5-10-21/h6-8,11-17,21,24,28H,3-5,9-10H2,1-2H3,(H,29,31). The zero-order chi connectivity index (χ0) is 22.5. The van der Waals surface area contributed by atoms with Crippen LogP contribution in [-0.4, -0.2) is 27.8 Å². The number of hydrogen-bond acceptors (Lipinski definition) is 3. The molecule has 1 fully saturated rings. The summed E-state index contributed by atoms with van der Waals surface area (Å²) in [7, 11) is 0. The first kappa shape index (κ1) is 21.8. The van der Waals surface area contributed by atoms with Crippen LogP contribution in [0.25, 0.3) is 0 Å². The Hall–Kier alpha value is -3.41. The summed E-state index contributed by atoms with van der Waals surface area (Å²) < 4.78 is 0. The Balaban J connectivity index is 1.81. The van der Waals surface area contributed by atoms with Gasteiger partial charge in [-0.2, -0.15) is 0 Å². The maximum absolute atomic E-state index is 13.8. The van der Waals surface area contributed by atoms with Gasteiger partial charge in [0.05, 0.1) is 0 Å². The van der Waals surface area contributed by atoms with Crippen molar-refractivity contribution >= 4 is 17.5 Å². The summed E-state index contributed by atoms with van der Waals surface area (Å²) in [6.45, 7) is 4.00. The van der Waals surface area contributed by atoms with Gasteiger partial charge in [0, 0.05) is 30.3 Å². The van der Waals surface area contributed by atoms with Crippen LogP contribution in [0.1, 0.15) is 65.3 Å². The molecule has 0 bridgehead atoms. The van der Waals surface area contributed by atoms with E-state index in [1.165, 1.54) is 6.42 Å². The topological polar surface area (TPSA) is 78.1 Å². The molecular formula is C26H30N4O2. The van der Waals surface area contributed by atoms with Crippen LogP contribution in [0.4, 0.5) is 5.69 Å². The van der Waals surface area contributed by atoms with Crippen molar-refractivity contribution in [1.82, 2.24) is 15.3 Å². The molecule has 0 radical (unpaired) electrons. The highest BCUT2D eigenvalue weighted by atomic mass is 16.2. The number of hydrogen-bond donors (Lipinski definition) is 2. The highest BCUT2D eigenvalue weighted by molar-refractivity contribution is 6.09. The van der Waals surface area contributed by atoms with Crippen LogP contribution >= 0.6 is 0 Å². The smallest absolute Gasteiger partial charge is 0.275 e. The van der Waals surface area contributed by atoms with Crippen LogP contribution in [0.2, 0.25) is 0 Å². The SMILES string of the molecule is Cc1cccc(N(C(=O)c2ccc[nH]2)C(C(=O)NC2CCCCC2)c2ccncc2)c1C. The number of H-pyrrole nitrogens is 1. The second kappa shape index (κ2) is 9.81. The van der Waals surface area contributed by atoms with Gasteiger partial charge in [0.1, 0.15) is 11.7 Å². The minimum atomic E-state index is -0.809. The maximum Gasteiger partial charge on any atom is 0.275 e. The predicted octanol–water partition coefficient (Wildman–Crippen LogP) is 4.86. The predicted molar refractivity (Wildman–Crippen MR) is 126 cm³/mol. The normalized spacial score (nSPS) is 15.2. The Morgan fingerprint density at radius 3 is 2.47 bits per heavy atom. The maximum atomic E-state index is 13.8. The third-order valence-electron chi connectivity index (χ3n) is 6.36. The number of aryl methyl sites for hydroxylation is 1. The van der Waals surface area contributed by atoms with Crippen molar-refractivity contribution in [3.8, 4) is 0 Å². The number of aromatic amines is 1. The quantitative estimate of drug-likeness (QED) is 0.586. The Bertz CT molecular complexity index is 1060. The molecule has 32 heavy (non-hydrogen) atoms. The number of amides is 2. The van der Waals surface area contributed by atoms with Crippen LogP contribution in [-0.2, 0) is 4.79 Å². The molecular weight excluding hydrogens is 400 g/mol. The van der Waals surface area contributed by atoms with Gasteiger partial charge in [0.2, 0.25) is 5.91 Å². The van der Waals surface area contributed by atoms with E-state index in [1.807, 2.05) is 44.2 Å². The van der Waals surface area contributed by atoms with E-state index in [2.05, 4.69) is 15.3 Å². The van der Waals surface area contributed by atoms with E-state index < -0.39 is 6.04 Å². The number of carbonyl (C=O) groups excluding carboxylic acids is 2. The third-order valence-corrected chi connectivity index (χ3v) is 6.36. The summed E-state index contributed by atoms with van der Waals surface area (Å²) in [6.07, 6.45) is 10.4. The Morgan fingerprint density at radius 2 is 1.78 bits per heavy atom. The second-order valence-electron chi connectivity index (χ2n) is 8.50. The molecule has 6 heteroatoms. The van der Waals surface area contributed by atoms with Crippen LogP contribution in [0.5, 0.6) is 0 Å². The fourth-order valence-corrected chi connectivity index (χ4v) is 4.45. The van der Waals surface area contributed by atoms with Gasteiger partial charge in [0.15, 0.2) is 0 Å². The molecule has 0 spiro atoms. The number of aromatic nitrogens is 2. The molecule has 1 unspecified atom stereocenters. The highest BCUT2D eigenvalue weighted by Crippen LogP contribution is 2.33. The van der Waals surface area contributed by atoms with E-state index in [0.29, 0.717) is 5.69 Å². The summed E-state index contributed by atoms with van der Waals surface area (Å²) in [5.41, 5.74) is 3.93. The van der Waals surface area contributed by atoms with E-state index in [1.54, 1.807) is 35.6 Å². The van der Waals surface area contributed by atoms with Crippen molar-refractivity contribution in [1.29, 1.82) is 0 Å². The fraction of sp³-hybridized carbons (Fsp3) is 0.346. The molecule has 0 saturated heterocycles. The van der Waals surface area contributed by atoms with Gasteiger partial charge in [-0.15, -0.1) is 0 Å². The van der Waals surface area contributed by atoms with Gasteiger partial charge in [-0.25, -0.2) is 0 Å². The van der Waals surface area contributed by atoms with Gasteiger partial charge < -0.3 is 10.3 Å². The summed E-state index contributed by atoms with van der Waals surface area (Å²) >= 11 is 0. The van der Waals surface area contributed by atoms with Crippen molar-refractivity contribution in [3.05, 3.63) is 83.4 Å². The van der Waals surface area contributed by atoms with Gasteiger partial charge in [0.25, 0.3) is 5.91 Å². The van der Waals surface area contributed by atoms with Gasteiger partial charge >= 0.3 is 0 Å². The zero-order valence-corrected chi connectivity index (χ0v) is 18.7. The molecule has 1 atom stereocenters. The molecule has 1 aliphatic carbocycles. The average molecular weight is 431 g/mol. The molecule has 1 saturated carbocycles. The minimum absolute atomic E-state index is 0.140. The average Bonchev–Trinajstić information content (AvgIpc) is 3.35. The number of nitrogens with one attached hydrogen (secondary N) is 2. The van der Waals surface area contributed by atoms with Crippen molar-refractivity contribution in [3.63, 3.8) is 0 Å². The summed E-state index contributed by atoms with van der Waals surface area (Å²) in [4.78, 5) is 36.3. The van der Waals surface area contributed by atoms with Crippen LogP contribution < -0.4 is 10.2 Å². The van der Waals surface area contributed by atoms with E-state index in [9.17, 15) is 9.59 Å². The van der Waals surface area contributed by atoms with Crippen molar-refractivity contribution in [2.75, 3.05) is 4.90 Å². The Labute approximate surface area is 189 Å². The van der Waals surface area contributed by atoms with Crippen LogP contribution in [0.3, 0.4) is 0 Å². The highest BCUT2D eigenvalue weighted by Gasteiger charge is 2.35. The lowest BCUT2D eigenvalue weighted by atomic mass is 9.94. The number of benzene rings is 1. The summed E-state index contributed by atoms with van der Waals surface area (Å²) in [5, 5.41) is 3.24. The molecule has 2 amide bonds. The molecule has 3 aromatic rings. The first-order valence-corrected chi connectivity index (χ1v) is 11.3. The van der Waals surface area contributed by atoms with Crippen LogP contribution in [0, 0.1) is 13.8 Å². The molecule has 4 rings (SSSR count). The Morgan fingerprint density at radius 1 is 1.03 bits per heavy atom. The summed E-state index contributed by atoms with van der Waals surface area (Å²) in [6, 6.07) is 12.3. The van der Waals surface area contributed by atoms with Crippen molar-refractivity contribution in [2.24, 2.45) is 0 Å². The van der Waals surface area contributed by atoms with E-state index in [4.69, 9.17) is 0 Å². The molecule has 2 N–H and O–H groups in total. The molecule has 1 aromatic carbocycles. The number of anilines is 1. The monoisotopic (exact) mass is 430 g/mol. The first-order valence-electron chi connectivity index (χ1n) is 11.3. The molecule has 0 aliphatic heterocycles. The van der Waals surface area contributed by atoms with E-state index in [-0.39, 0.29) is 17.9 Å². The minimum Gasteiger partial charge on any atom is -0.357 e. The number of nitrogens with zero attached hydrogens (tertiary/aromatic N) is 2. The summed E-state index contributed by atoms with van der Waals surface area (Å²) in [5.74, 6) is -0.409. The van der Waals surface area contributed by atoms with Gasteiger partial charge in [-0.3, -0.25) is 19.5 Å². The van der Waals surface area contributed by atoms with Gasteiger partial charge in [-0.1, -0.05) is 31.4 Å². The fourth-order valence-electron chi connectivity index (χ4n) is 4.45. The Kier molecular flexibility index (Phi) is 6.69. The lowest BCUT2D eigenvalue weighted by Crippen LogP contribution is -2.47. The van der Waals surface area contributed by atoms with Crippen LogP contribution in [0.15, 0.2) is 61.1 Å². The van der Waals surface area contributed by atoms with E-state index in [0.717, 1.165) is 48.1 Å². The molecule has 2 aromatic heterocycles. The van der Waals surface area contributed by atoms with Crippen molar-refractivity contribution < 1.29 is 9.59 Å². The van der Waals surface area contributed by atoms with E-state index >= 15 is 0 Å². The first-order chi connectivity index (χ1) is 15.6. The molecule has 6 nitrogen and oxygen atoms in total. The number of rotatable bonds is 6. The molecule has 1 aliphatic rings.